The molecular formula is C14H6F4N2O4. The van der Waals surface area contributed by atoms with Crippen molar-refractivity contribution in [2.75, 3.05) is 0 Å². The molecule has 0 heterocycles. The van der Waals surface area contributed by atoms with Gasteiger partial charge in [0.25, 0.3) is 0 Å². The van der Waals surface area contributed by atoms with E-state index >= 15 is 0 Å². The van der Waals surface area contributed by atoms with E-state index in [0.717, 1.165) is 0 Å². The number of hydrogen-bond acceptors (Lipinski definition) is 4. The first-order valence-corrected chi connectivity index (χ1v) is 6.07. The lowest BCUT2D eigenvalue weighted by molar-refractivity contribution is 0.0685. The minimum Gasteiger partial charge on any atom is -0.478 e. The molecule has 24 heavy (non-hydrogen) atoms. The van der Waals surface area contributed by atoms with Crippen molar-refractivity contribution in [2.45, 2.75) is 0 Å². The maximum Gasteiger partial charge on any atom is 0.335 e. The van der Waals surface area contributed by atoms with Gasteiger partial charge in [0.1, 0.15) is 0 Å². The Morgan fingerprint density at radius 1 is 0.667 bits per heavy atom. The fraction of sp³-hybridized carbons (Fsp3) is 0. The van der Waals surface area contributed by atoms with E-state index in [4.69, 9.17) is 10.2 Å². The van der Waals surface area contributed by atoms with Crippen LogP contribution in [-0.2, 0) is 0 Å². The fourth-order valence-electron chi connectivity index (χ4n) is 1.67. The fourth-order valence-corrected chi connectivity index (χ4v) is 1.67. The average Bonchev–Trinajstić information content (AvgIpc) is 2.47. The molecule has 0 aliphatic carbocycles. The van der Waals surface area contributed by atoms with Gasteiger partial charge in [-0.1, -0.05) is 0 Å². The minimum atomic E-state index is -1.59. The van der Waals surface area contributed by atoms with Crippen molar-refractivity contribution >= 4 is 23.3 Å². The van der Waals surface area contributed by atoms with Crippen LogP contribution in [0.2, 0.25) is 0 Å². The first-order chi connectivity index (χ1) is 11.2. The topological polar surface area (TPSA) is 99.3 Å². The van der Waals surface area contributed by atoms with Crippen molar-refractivity contribution in [3.8, 4) is 0 Å². The van der Waals surface area contributed by atoms with Gasteiger partial charge in [-0.3, -0.25) is 0 Å². The number of nitrogens with zero attached hydrogens (tertiary/aromatic N) is 2. The number of benzene rings is 2. The first kappa shape index (κ1) is 17.1. The van der Waals surface area contributed by atoms with Crippen LogP contribution in [0.15, 0.2) is 34.5 Å². The quantitative estimate of drug-likeness (QED) is 0.646. The molecule has 0 unspecified atom stereocenters. The summed E-state index contributed by atoms with van der Waals surface area (Å²) in [5.74, 6) is -8.79. The summed E-state index contributed by atoms with van der Waals surface area (Å²) in [6.07, 6.45) is 0. The molecule has 2 N–H and O–H groups in total. The molecule has 2 aromatic rings. The molecular weight excluding hydrogens is 336 g/mol. The Morgan fingerprint density at radius 2 is 0.917 bits per heavy atom. The molecule has 0 radical (unpaired) electrons. The molecule has 0 saturated carbocycles. The normalized spacial score (nSPS) is 11.0. The van der Waals surface area contributed by atoms with Gasteiger partial charge in [0, 0.05) is 0 Å². The zero-order valence-corrected chi connectivity index (χ0v) is 11.4. The highest BCUT2D eigenvalue weighted by atomic mass is 19.1. The number of rotatable bonds is 4. The van der Waals surface area contributed by atoms with Crippen molar-refractivity contribution in [2.24, 2.45) is 10.2 Å². The Balaban J connectivity index is 2.46. The molecule has 0 aliphatic heterocycles. The van der Waals surface area contributed by atoms with E-state index in [1.807, 2.05) is 0 Å². The van der Waals surface area contributed by atoms with Crippen molar-refractivity contribution in [1.29, 1.82) is 0 Å². The van der Waals surface area contributed by atoms with Crippen LogP contribution >= 0.6 is 0 Å². The van der Waals surface area contributed by atoms with Gasteiger partial charge < -0.3 is 10.2 Å². The Hall–Kier alpha value is -3.30. The Labute approximate surface area is 130 Å². The smallest absolute Gasteiger partial charge is 0.335 e. The second-order valence-corrected chi connectivity index (χ2v) is 4.39. The van der Waals surface area contributed by atoms with Crippen molar-refractivity contribution in [3.05, 3.63) is 58.7 Å². The first-order valence-electron chi connectivity index (χ1n) is 6.07. The Morgan fingerprint density at radius 3 is 1.12 bits per heavy atom. The summed E-state index contributed by atoms with van der Waals surface area (Å²) in [5, 5.41) is 23.3. The molecule has 10 heteroatoms. The van der Waals surface area contributed by atoms with Gasteiger partial charge in [0.2, 0.25) is 0 Å². The highest BCUT2D eigenvalue weighted by Gasteiger charge is 2.17. The van der Waals surface area contributed by atoms with E-state index in [1.54, 1.807) is 0 Å². The summed E-state index contributed by atoms with van der Waals surface area (Å²) < 4.78 is 54.5. The molecule has 0 aromatic heterocycles. The molecule has 2 rings (SSSR count). The third-order valence-electron chi connectivity index (χ3n) is 2.78. The SMILES string of the molecule is O=C(O)c1cc(F)c(N=Nc2c(F)cc(C(=O)O)cc2F)c(F)c1. The predicted octanol–water partition coefficient (Wildman–Crippen LogP) is 4.05. The number of carboxylic acid groups (broad SMARTS) is 2. The number of aromatic carboxylic acids is 2. The van der Waals surface area contributed by atoms with Crippen LogP contribution in [0.4, 0.5) is 28.9 Å². The molecule has 2 aromatic carbocycles. The van der Waals surface area contributed by atoms with Crippen LogP contribution in [0, 0.1) is 23.3 Å². The standard InChI is InChI=1S/C14H6F4N2O4/c15-7-1-5(13(21)22)2-8(16)11(7)19-20-12-9(17)3-6(14(23)24)4-10(12)18/h1-4H,(H,21,22)(H,23,24). The van der Waals surface area contributed by atoms with Crippen LogP contribution < -0.4 is 0 Å². The monoisotopic (exact) mass is 342 g/mol. The van der Waals surface area contributed by atoms with Gasteiger partial charge in [0.15, 0.2) is 34.6 Å². The average molecular weight is 342 g/mol. The number of carbonyl (C=O) groups is 2. The van der Waals surface area contributed by atoms with Gasteiger partial charge in [-0.05, 0) is 24.3 Å². The molecule has 124 valence electrons. The lowest BCUT2D eigenvalue weighted by Crippen LogP contribution is -1.99. The van der Waals surface area contributed by atoms with Gasteiger partial charge >= 0.3 is 11.9 Å². The third-order valence-corrected chi connectivity index (χ3v) is 2.78. The van der Waals surface area contributed by atoms with Gasteiger partial charge in [-0.25, -0.2) is 27.2 Å². The summed E-state index contributed by atoms with van der Waals surface area (Å²) in [6.45, 7) is 0. The van der Waals surface area contributed by atoms with E-state index in [2.05, 4.69) is 10.2 Å². The molecule has 0 bridgehead atoms. The second-order valence-electron chi connectivity index (χ2n) is 4.39. The van der Waals surface area contributed by atoms with Gasteiger partial charge in [0.05, 0.1) is 11.1 Å². The lowest BCUT2D eigenvalue weighted by Gasteiger charge is -2.02. The predicted molar refractivity (Wildman–Crippen MR) is 70.8 cm³/mol. The van der Waals surface area contributed by atoms with Crippen LogP contribution in [-0.4, -0.2) is 22.2 Å². The maximum absolute atomic E-state index is 13.6. The Kier molecular flexibility index (Phi) is 4.58. The third kappa shape index (κ3) is 3.37. The van der Waals surface area contributed by atoms with E-state index < -0.39 is 57.7 Å². The number of azo groups is 1. The molecule has 0 amide bonds. The van der Waals surface area contributed by atoms with Crippen molar-refractivity contribution < 1.29 is 37.4 Å². The van der Waals surface area contributed by atoms with E-state index in [-0.39, 0.29) is 0 Å². The molecule has 0 fully saturated rings. The summed E-state index contributed by atoms with van der Waals surface area (Å²) in [4.78, 5) is 21.3. The molecule has 0 saturated heterocycles. The number of hydrogen-bond donors (Lipinski definition) is 2. The zero-order valence-electron chi connectivity index (χ0n) is 11.4. The minimum absolute atomic E-state index is 0.458. The maximum atomic E-state index is 13.6. The van der Waals surface area contributed by atoms with Crippen LogP contribution in [0.25, 0.3) is 0 Å². The molecule has 0 atom stereocenters. The number of halogens is 4. The largest absolute Gasteiger partial charge is 0.478 e. The van der Waals surface area contributed by atoms with Gasteiger partial charge in [-0.15, -0.1) is 10.2 Å². The highest BCUT2D eigenvalue weighted by Crippen LogP contribution is 2.29. The number of carboxylic acids is 2. The summed E-state index contributed by atoms with van der Waals surface area (Å²) in [7, 11) is 0. The van der Waals surface area contributed by atoms with E-state index in [0.29, 0.717) is 24.3 Å². The van der Waals surface area contributed by atoms with E-state index in [9.17, 15) is 27.2 Å². The highest BCUT2D eigenvalue weighted by molar-refractivity contribution is 5.88. The van der Waals surface area contributed by atoms with Crippen LogP contribution in [0.5, 0.6) is 0 Å². The molecule has 6 nitrogen and oxygen atoms in total. The van der Waals surface area contributed by atoms with Crippen molar-refractivity contribution in [1.82, 2.24) is 0 Å². The summed E-state index contributed by atoms with van der Waals surface area (Å²) in [6, 6.07) is 1.83. The zero-order chi connectivity index (χ0) is 18.0. The molecule has 0 aliphatic rings. The van der Waals surface area contributed by atoms with Crippen LogP contribution in [0.3, 0.4) is 0 Å². The summed E-state index contributed by atoms with van der Waals surface area (Å²) in [5.41, 5.74) is -3.48. The lowest BCUT2D eigenvalue weighted by atomic mass is 10.2. The Bertz CT molecular complexity index is 766. The van der Waals surface area contributed by atoms with Gasteiger partial charge in [-0.2, -0.15) is 0 Å². The van der Waals surface area contributed by atoms with E-state index in [1.165, 1.54) is 0 Å². The summed E-state index contributed by atoms with van der Waals surface area (Å²) >= 11 is 0. The van der Waals surface area contributed by atoms with Crippen molar-refractivity contribution in [3.63, 3.8) is 0 Å². The second kappa shape index (κ2) is 6.44. The molecule has 0 spiro atoms. The van der Waals surface area contributed by atoms with Crippen LogP contribution in [0.1, 0.15) is 20.7 Å².